The van der Waals surface area contributed by atoms with E-state index in [4.69, 9.17) is 12.2 Å². The summed E-state index contributed by atoms with van der Waals surface area (Å²) in [6.45, 7) is 0. The fourth-order valence-corrected chi connectivity index (χ4v) is 4.16. The lowest BCUT2D eigenvalue weighted by Gasteiger charge is -2.09. The van der Waals surface area contributed by atoms with Gasteiger partial charge in [0.15, 0.2) is 5.11 Å². The van der Waals surface area contributed by atoms with E-state index in [1.165, 1.54) is 11.3 Å². The molecule has 1 aromatic carbocycles. The Kier molecular flexibility index (Phi) is 4.40. The van der Waals surface area contributed by atoms with Crippen molar-refractivity contribution >= 4 is 45.5 Å². The SMILES string of the molecule is O=C(NC(=S)Nc1sc2c(c1C(=O)O)CCC2)c1ccccc1. The molecule has 0 atom stereocenters. The number of anilines is 1. The maximum atomic E-state index is 12.1. The van der Waals surface area contributed by atoms with Crippen LogP contribution < -0.4 is 10.6 Å². The number of aryl methyl sites for hydroxylation is 1. The summed E-state index contributed by atoms with van der Waals surface area (Å²) >= 11 is 6.53. The van der Waals surface area contributed by atoms with Crippen LogP contribution in [0.3, 0.4) is 0 Å². The van der Waals surface area contributed by atoms with Gasteiger partial charge < -0.3 is 10.4 Å². The highest BCUT2D eigenvalue weighted by molar-refractivity contribution is 7.80. The van der Waals surface area contributed by atoms with Gasteiger partial charge in [-0.05, 0) is 49.2 Å². The highest BCUT2D eigenvalue weighted by atomic mass is 32.1. The number of thiocarbonyl (C=S) groups is 1. The molecule has 0 fully saturated rings. The van der Waals surface area contributed by atoms with E-state index in [2.05, 4.69) is 10.6 Å². The molecular formula is C16H14N2O3S2. The number of benzene rings is 1. The van der Waals surface area contributed by atoms with Gasteiger partial charge in [-0.15, -0.1) is 11.3 Å². The lowest BCUT2D eigenvalue weighted by atomic mass is 10.1. The number of hydrogen-bond donors (Lipinski definition) is 3. The number of amides is 1. The van der Waals surface area contributed by atoms with Crippen molar-refractivity contribution in [3.05, 3.63) is 51.9 Å². The average molecular weight is 346 g/mol. The molecule has 118 valence electrons. The molecule has 0 aliphatic heterocycles. The molecule has 1 aromatic heterocycles. The van der Waals surface area contributed by atoms with E-state index in [-0.39, 0.29) is 16.6 Å². The van der Waals surface area contributed by atoms with Gasteiger partial charge in [-0.1, -0.05) is 18.2 Å². The molecule has 0 saturated heterocycles. The van der Waals surface area contributed by atoms with Crippen LogP contribution in [-0.2, 0) is 12.8 Å². The zero-order valence-electron chi connectivity index (χ0n) is 12.1. The summed E-state index contributed by atoms with van der Waals surface area (Å²) in [7, 11) is 0. The summed E-state index contributed by atoms with van der Waals surface area (Å²) < 4.78 is 0. The first-order chi connectivity index (χ1) is 11.1. The molecule has 2 aromatic rings. The van der Waals surface area contributed by atoms with E-state index in [9.17, 15) is 14.7 Å². The van der Waals surface area contributed by atoms with Crippen molar-refractivity contribution < 1.29 is 14.7 Å². The number of fused-ring (bicyclic) bond motifs is 1. The molecule has 7 heteroatoms. The molecule has 0 saturated carbocycles. The lowest BCUT2D eigenvalue weighted by molar-refractivity contribution is 0.0697. The molecule has 23 heavy (non-hydrogen) atoms. The molecular weight excluding hydrogens is 332 g/mol. The number of aromatic carboxylic acids is 1. The third-order valence-electron chi connectivity index (χ3n) is 3.63. The smallest absolute Gasteiger partial charge is 0.339 e. The first-order valence-corrected chi connectivity index (χ1v) is 8.34. The van der Waals surface area contributed by atoms with Crippen molar-refractivity contribution in [3.8, 4) is 0 Å². The van der Waals surface area contributed by atoms with Crippen LogP contribution >= 0.6 is 23.6 Å². The van der Waals surface area contributed by atoms with Crippen LogP contribution in [0.5, 0.6) is 0 Å². The van der Waals surface area contributed by atoms with Gasteiger partial charge in [0, 0.05) is 10.4 Å². The molecule has 0 bridgehead atoms. The van der Waals surface area contributed by atoms with Gasteiger partial charge in [0.05, 0.1) is 5.56 Å². The number of carboxylic acids is 1. The Balaban J connectivity index is 1.74. The van der Waals surface area contributed by atoms with Crippen LogP contribution in [0.2, 0.25) is 0 Å². The second-order valence-corrected chi connectivity index (χ2v) is 6.65. The van der Waals surface area contributed by atoms with Crippen LogP contribution in [0.15, 0.2) is 30.3 Å². The molecule has 1 amide bonds. The minimum atomic E-state index is -0.968. The van der Waals surface area contributed by atoms with Crippen LogP contribution in [-0.4, -0.2) is 22.1 Å². The van der Waals surface area contributed by atoms with Crippen LogP contribution in [0.4, 0.5) is 5.00 Å². The second-order valence-electron chi connectivity index (χ2n) is 5.14. The molecule has 1 heterocycles. The predicted octanol–water partition coefficient (Wildman–Crippen LogP) is 3.06. The topological polar surface area (TPSA) is 78.4 Å². The summed E-state index contributed by atoms with van der Waals surface area (Å²) in [4.78, 5) is 24.6. The van der Waals surface area contributed by atoms with Crippen molar-refractivity contribution in [2.24, 2.45) is 0 Å². The standard InChI is InChI=1S/C16H14N2O3S2/c19-13(9-5-2-1-3-6-9)17-16(22)18-14-12(15(20)21)10-7-4-8-11(10)23-14/h1-3,5-6H,4,7-8H2,(H,20,21)(H2,17,18,19,22). The van der Waals surface area contributed by atoms with Crippen LogP contribution in [0.25, 0.3) is 0 Å². The number of carbonyl (C=O) groups is 2. The van der Waals surface area contributed by atoms with Gasteiger partial charge in [0.25, 0.3) is 5.91 Å². The zero-order chi connectivity index (χ0) is 16.4. The van der Waals surface area contributed by atoms with Gasteiger partial charge >= 0.3 is 5.97 Å². The largest absolute Gasteiger partial charge is 0.478 e. The number of nitrogens with one attached hydrogen (secondary N) is 2. The number of thiophene rings is 1. The quantitative estimate of drug-likeness (QED) is 0.745. The van der Waals surface area contributed by atoms with Crippen LogP contribution in [0, 0.1) is 0 Å². The number of carbonyl (C=O) groups excluding carboxylic acids is 1. The summed E-state index contributed by atoms with van der Waals surface area (Å²) in [6.07, 6.45) is 2.65. The van der Waals surface area contributed by atoms with Crippen molar-refractivity contribution in [2.75, 3.05) is 5.32 Å². The predicted molar refractivity (Wildman–Crippen MR) is 93.4 cm³/mol. The van der Waals surface area contributed by atoms with E-state index < -0.39 is 5.97 Å². The maximum absolute atomic E-state index is 12.1. The number of carboxylic acid groups (broad SMARTS) is 1. The number of hydrogen-bond acceptors (Lipinski definition) is 4. The van der Waals surface area contributed by atoms with E-state index >= 15 is 0 Å². The third kappa shape index (κ3) is 3.25. The normalized spacial score (nSPS) is 12.5. The highest BCUT2D eigenvalue weighted by Crippen LogP contribution is 2.38. The van der Waals surface area contributed by atoms with Crippen molar-refractivity contribution in [2.45, 2.75) is 19.3 Å². The molecule has 5 nitrogen and oxygen atoms in total. The Labute approximate surface area is 142 Å². The lowest BCUT2D eigenvalue weighted by Crippen LogP contribution is -2.34. The molecule has 3 rings (SSSR count). The van der Waals surface area contributed by atoms with Crippen LogP contribution in [0.1, 0.15) is 37.6 Å². The van der Waals surface area contributed by atoms with E-state index in [0.717, 1.165) is 29.7 Å². The average Bonchev–Trinajstić information content (AvgIpc) is 3.07. The summed E-state index contributed by atoms with van der Waals surface area (Å²) in [5.74, 6) is -1.30. The molecule has 0 radical (unpaired) electrons. The summed E-state index contributed by atoms with van der Waals surface area (Å²) in [6, 6.07) is 8.70. The van der Waals surface area contributed by atoms with Crippen molar-refractivity contribution in [1.29, 1.82) is 0 Å². The Bertz CT molecular complexity index is 784. The fraction of sp³-hybridized carbons (Fsp3) is 0.188. The van der Waals surface area contributed by atoms with E-state index in [1.807, 2.05) is 6.07 Å². The van der Waals surface area contributed by atoms with Crippen molar-refractivity contribution in [1.82, 2.24) is 5.32 Å². The molecule has 3 N–H and O–H groups in total. The van der Waals surface area contributed by atoms with Gasteiger partial charge in [-0.25, -0.2) is 4.79 Å². The minimum Gasteiger partial charge on any atom is -0.478 e. The first kappa shape index (κ1) is 15.6. The van der Waals surface area contributed by atoms with Gasteiger partial charge in [0.1, 0.15) is 5.00 Å². The Morgan fingerprint density at radius 3 is 2.61 bits per heavy atom. The molecule has 0 spiro atoms. The molecule has 1 aliphatic rings. The van der Waals surface area contributed by atoms with Crippen molar-refractivity contribution in [3.63, 3.8) is 0 Å². The van der Waals surface area contributed by atoms with E-state index in [1.54, 1.807) is 24.3 Å². The summed E-state index contributed by atoms with van der Waals surface area (Å²) in [5.41, 5.74) is 1.66. The summed E-state index contributed by atoms with van der Waals surface area (Å²) in [5, 5.41) is 15.4. The highest BCUT2D eigenvalue weighted by Gasteiger charge is 2.26. The van der Waals surface area contributed by atoms with E-state index in [0.29, 0.717) is 10.6 Å². The van der Waals surface area contributed by atoms with Gasteiger partial charge in [-0.3, -0.25) is 10.1 Å². The molecule has 0 unspecified atom stereocenters. The Hall–Kier alpha value is -2.25. The van der Waals surface area contributed by atoms with Gasteiger partial charge in [-0.2, -0.15) is 0 Å². The second kappa shape index (κ2) is 6.47. The molecule has 1 aliphatic carbocycles. The fourth-order valence-electron chi connectivity index (χ4n) is 2.62. The Morgan fingerprint density at radius 2 is 1.91 bits per heavy atom. The first-order valence-electron chi connectivity index (χ1n) is 7.11. The monoisotopic (exact) mass is 346 g/mol. The minimum absolute atomic E-state index is 0.0984. The number of rotatable bonds is 3. The Morgan fingerprint density at radius 1 is 1.17 bits per heavy atom. The zero-order valence-corrected chi connectivity index (χ0v) is 13.7. The van der Waals surface area contributed by atoms with Gasteiger partial charge in [0.2, 0.25) is 0 Å². The maximum Gasteiger partial charge on any atom is 0.339 e. The third-order valence-corrected chi connectivity index (χ3v) is 5.04.